The van der Waals surface area contributed by atoms with Crippen LogP contribution in [0.3, 0.4) is 0 Å². The molecular weight excluding hydrogens is 304 g/mol. The molecular formula is C24H40O. The molecule has 0 bridgehead atoms. The second kappa shape index (κ2) is 5.85. The van der Waals surface area contributed by atoms with Gasteiger partial charge in [-0.2, -0.15) is 0 Å². The minimum atomic E-state index is -0.419. The maximum atomic E-state index is 10.9. The molecule has 0 unspecified atom stereocenters. The molecule has 4 rings (SSSR count). The van der Waals surface area contributed by atoms with Crippen molar-refractivity contribution in [3.63, 3.8) is 0 Å². The lowest BCUT2D eigenvalue weighted by molar-refractivity contribution is -0.0745. The zero-order valence-electron chi connectivity index (χ0n) is 17.3. The van der Waals surface area contributed by atoms with Crippen molar-refractivity contribution in [3.8, 4) is 0 Å². The van der Waals surface area contributed by atoms with Gasteiger partial charge in [-0.05, 0) is 98.2 Å². The maximum Gasteiger partial charge on any atom is 0.0682 e. The van der Waals surface area contributed by atoms with E-state index in [4.69, 9.17) is 0 Å². The van der Waals surface area contributed by atoms with E-state index in [-0.39, 0.29) is 0 Å². The van der Waals surface area contributed by atoms with Gasteiger partial charge in [0.25, 0.3) is 0 Å². The summed E-state index contributed by atoms with van der Waals surface area (Å²) in [6.07, 6.45) is 13.8. The molecule has 4 aliphatic carbocycles. The van der Waals surface area contributed by atoms with Gasteiger partial charge in [0.05, 0.1) is 5.60 Å². The number of hydrogen-bond acceptors (Lipinski definition) is 1. The van der Waals surface area contributed by atoms with E-state index in [1.165, 1.54) is 38.5 Å². The predicted octanol–water partition coefficient (Wildman–Crippen LogP) is 6.36. The summed E-state index contributed by atoms with van der Waals surface area (Å²) in [6.45, 7) is 12.3. The largest absolute Gasteiger partial charge is 0.390 e. The average molecular weight is 345 g/mol. The molecule has 0 aromatic carbocycles. The predicted molar refractivity (Wildman–Crippen MR) is 105 cm³/mol. The Morgan fingerprint density at radius 2 is 1.84 bits per heavy atom. The summed E-state index contributed by atoms with van der Waals surface area (Å²) in [4.78, 5) is 0. The first-order valence-electron chi connectivity index (χ1n) is 11.2. The van der Waals surface area contributed by atoms with Crippen molar-refractivity contribution in [2.75, 3.05) is 0 Å². The quantitative estimate of drug-likeness (QED) is 0.578. The zero-order chi connectivity index (χ0) is 18.0. The summed E-state index contributed by atoms with van der Waals surface area (Å²) >= 11 is 0. The van der Waals surface area contributed by atoms with E-state index >= 15 is 0 Å². The molecule has 0 amide bonds. The number of rotatable bonds is 2. The molecule has 0 spiro atoms. The van der Waals surface area contributed by atoms with E-state index in [1.807, 2.05) is 0 Å². The smallest absolute Gasteiger partial charge is 0.0682 e. The normalized spacial score (nSPS) is 52.4. The zero-order valence-corrected chi connectivity index (χ0v) is 17.3. The summed E-state index contributed by atoms with van der Waals surface area (Å²) in [5.41, 5.74) is 2.17. The van der Waals surface area contributed by atoms with Gasteiger partial charge in [0.15, 0.2) is 0 Å². The fourth-order valence-corrected chi connectivity index (χ4v) is 8.15. The fraction of sp³-hybridized carbons (Fsp3) is 0.917. The first-order valence-corrected chi connectivity index (χ1v) is 11.2. The van der Waals surface area contributed by atoms with E-state index in [9.17, 15) is 5.11 Å². The first-order chi connectivity index (χ1) is 11.7. The number of hydrogen-bond donors (Lipinski definition) is 1. The lowest BCUT2D eigenvalue weighted by atomic mass is 9.46. The Kier molecular flexibility index (Phi) is 4.23. The summed E-state index contributed by atoms with van der Waals surface area (Å²) in [6, 6.07) is 0. The molecule has 1 heteroatoms. The van der Waals surface area contributed by atoms with Gasteiger partial charge in [-0.25, -0.2) is 0 Å². The highest BCUT2D eigenvalue weighted by Crippen LogP contribution is 2.67. The third-order valence-corrected chi connectivity index (χ3v) is 9.79. The Morgan fingerprint density at radius 3 is 2.52 bits per heavy atom. The van der Waals surface area contributed by atoms with Gasteiger partial charge in [0.1, 0.15) is 0 Å². The highest BCUT2D eigenvalue weighted by molar-refractivity contribution is 5.27. The van der Waals surface area contributed by atoms with Gasteiger partial charge in [-0.3, -0.25) is 0 Å². The second-order valence-electron chi connectivity index (χ2n) is 11.0. The minimum absolute atomic E-state index is 0.377. The second-order valence-corrected chi connectivity index (χ2v) is 11.0. The van der Waals surface area contributed by atoms with Crippen molar-refractivity contribution in [1.82, 2.24) is 0 Å². The van der Waals surface area contributed by atoms with Crippen LogP contribution in [0.1, 0.15) is 92.4 Å². The van der Waals surface area contributed by atoms with Crippen molar-refractivity contribution < 1.29 is 5.11 Å². The molecule has 142 valence electrons. The van der Waals surface area contributed by atoms with Crippen molar-refractivity contribution in [2.45, 2.75) is 98.0 Å². The van der Waals surface area contributed by atoms with Crippen LogP contribution in [0, 0.1) is 40.4 Å². The molecule has 25 heavy (non-hydrogen) atoms. The molecule has 3 fully saturated rings. The van der Waals surface area contributed by atoms with E-state index in [0.717, 1.165) is 48.9 Å². The molecule has 7 atom stereocenters. The van der Waals surface area contributed by atoms with Crippen LogP contribution in [-0.2, 0) is 0 Å². The third kappa shape index (κ3) is 2.51. The highest BCUT2D eigenvalue weighted by atomic mass is 16.3. The topological polar surface area (TPSA) is 20.2 Å². The van der Waals surface area contributed by atoms with Crippen LogP contribution < -0.4 is 0 Å². The van der Waals surface area contributed by atoms with E-state index in [2.05, 4.69) is 40.7 Å². The molecule has 0 aromatic rings. The maximum absolute atomic E-state index is 10.9. The summed E-state index contributed by atoms with van der Waals surface area (Å²) in [5.74, 6) is 4.50. The number of fused-ring (bicyclic) bond motifs is 5. The monoisotopic (exact) mass is 344 g/mol. The van der Waals surface area contributed by atoms with Crippen LogP contribution in [0.5, 0.6) is 0 Å². The van der Waals surface area contributed by atoms with Crippen LogP contribution in [0.25, 0.3) is 0 Å². The van der Waals surface area contributed by atoms with E-state index in [0.29, 0.717) is 10.8 Å². The highest BCUT2D eigenvalue weighted by Gasteiger charge is 2.59. The molecule has 0 aliphatic heterocycles. The third-order valence-electron chi connectivity index (χ3n) is 9.79. The fourth-order valence-electron chi connectivity index (χ4n) is 8.15. The van der Waals surface area contributed by atoms with Crippen LogP contribution in [-0.4, -0.2) is 10.7 Å². The Labute approximate surface area is 155 Å². The molecule has 1 N–H and O–H groups in total. The van der Waals surface area contributed by atoms with Gasteiger partial charge in [0.2, 0.25) is 0 Å². The Hall–Kier alpha value is -0.300. The van der Waals surface area contributed by atoms with Crippen molar-refractivity contribution >= 4 is 0 Å². The summed E-state index contributed by atoms with van der Waals surface area (Å²) in [7, 11) is 0. The summed E-state index contributed by atoms with van der Waals surface area (Å²) in [5, 5.41) is 10.9. The Balaban J connectivity index is 1.63. The van der Waals surface area contributed by atoms with Crippen molar-refractivity contribution in [3.05, 3.63) is 11.6 Å². The Bertz CT molecular complexity index is 562. The van der Waals surface area contributed by atoms with Crippen LogP contribution in [0.2, 0.25) is 0 Å². The standard InChI is InChI=1S/C24H40O/c1-6-24(25)14-13-22(4)17(15-24)7-8-18-20-10-9-19(16(2)3)23(20,5)12-11-21(18)22/h7,16,18-21,25H,6,8-15H2,1-5H3/t18-,19+,20-,21-,22-,23+,24-/m0/s1. The van der Waals surface area contributed by atoms with Crippen LogP contribution in [0.4, 0.5) is 0 Å². The number of aliphatic hydroxyl groups is 1. The van der Waals surface area contributed by atoms with Crippen molar-refractivity contribution in [1.29, 1.82) is 0 Å². The molecule has 0 aromatic heterocycles. The number of allylic oxidation sites excluding steroid dienone is 1. The molecule has 0 heterocycles. The average Bonchev–Trinajstić information content (AvgIpc) is 2.93. The molecule has 0 saturated heterocycles. The molecule has 1 nitrogen and oxygen atoms in total. The first kappa shape index (κ1) is 18.1. The van der Waals surface area contributed by atoms with Crippen molar-refractivity contribution in [2.24, 2.45) is 40.4 Å². The molecule has 4 aliphatic rings. The lowest BCUT2D eigenvalue weighted by Crippen LogP contribution is -2.52. The minimum Gasteiger partial charge on any atom is -0.390 e. The molecule has 3 saturated carbocycles. The van der Waals surface area contributed by atoms with Gasteiger partial charge < -0.3 is 5.11 Å². The summed E-state index contributed by atoms with van der Waals surface area (Å²) < 4.78 is 0. The van der Waals surface area contributed by atoms with Crippen LogP contribution >= 0.6 is 0 Å². The molecule has 0 radical (unpaired) electrons. The van der Waals surface area contributed by atoms with Crippen LogP contribution in [0.15, 0.2) is 11.6 Å². The van der Waals surface area contributed by atoms with E-state index < -0.39 is 5.60 Å². The van der Waals surface area contributed by atoms with E-state index in [1.54, 1.807) is 5.57 Å². The van der Waals surface area contributed by atoms with Gasteiger partial charge in [0, 0.05) is 0 Å². The lowest BCUT2D eigenvalue weighted by Gasteiger charge is -2.59. The van der Waals surface area contributed by atoms with Gasteiger partial charge in [-0.1, -0.05) is 46.3 Å². The Morgan fingerprint density at radius 1 is 1.08 bits per heavy atom. The van der Waals surface area contributed by atoms with Gasteiger partial charge in [-0.15, -0.1) is 0 Å². The van der Waals surface area contributed by atoms with Gasteiger partial charge >= 0.3 is 0 Å². The SMILES string of the molecule is CC[C@]1(O)CC[C@@]2(C)C(=CC[C@H]3[C@@H]4CC[C@H](C(C)C)[C@@]4(C)CC[C@@H]32)C1.